The summed E-state index contributed by atoms with van der Waals surface area (Å²) in [5, 5.41) is 7.15. The van der Waals surface area contributed by atoms with E-state index in [0.29, 0.717) is 5.02 Å². The Morgan fingerprint density at radius 2 is 1.72 bits per heavy atom. The summed E-state index contributed by atoms with van der Waals surface area (Å²) in [6.45, 7) is 4.21. The second kappa shape index (κ2) is 9.21. The lowest BCUT2D eigenvalue weighted by Gasteiger charge is -2.09. The molecule has 2 N–H and O–H groups in total. The Kier molecular flexibility index (Phi) is 6.46. The fourth-order valence-electron chi connectivity index (χ4n) is 2.98. The minimum Gasteiger partial charge on any atom is -0.344 e. The Balaban J connectivity index is 1.61. The van der Waals surface area contributed by atoms with Crippen LogP contribution >= 0.6 is 11.6 Å². The standard InChI is InChI=1S/C22H21ClN4O2/c1-15-12-18(16(2)27(15)20-10-8-19(23)9-11-20)14-25-26-22(29)21(28)24-13-17-6-4-3-5-7-17/h3-12,14H,13H2,1-2H3,(H,24,28)(H,26,29)/b25-14-. The maximum atomic E-state index is 11.9. The van der Waals surface area contributed by atoms with Gasteiger partial charge in [0.1, 0.15) is 0 Å². The topological polar surface area (TPSA) is 75.5 Å². The molecular formula is C22H21ClN4O2. The summed E-state index contributed by atoms with van der Waals surface area (Å²) in [6, 6.07) is 18.8. The molecule has 148 valence electrons. The van der Waals surface area contributed by atoms with Crippen molar-refractivity contribution in [3.05, 3.63) is 88.2 Å². The van der Waals surface area contributed by atoms with E-state index in [4.69, 9.17) is 11.6 Å². The number of hydrogen-bond donors (Lipinski definition) is 2. The van der Waals surface area contributed by atoms with E-state index in [1.807, 2.05) is 74.5 Å². The summed E-state index contributed by atoms with van der Waals surface area (Å²) in [5.74, 6) is -1.55. The van der Waals surface area contributed by atoms with Gasteiger partial charge < -0.3 is 9.88 Å². The highest BCUT2D eigenvalue weighted by Gasteiger charge is 2.13. The third-order valence-corrected chi connectivity index (χ3v) is 4.68. The van der Waals surface area contributed by atoms with Crippen LogP contribution < -0.4 is 10.7 Å². The normalized spacial score (nSPS) is 10.9. The number of aromatic nitrogens is 1. The number of carbonyl (C=O) groups is 2. The molecule has 2 aromatic carbocycles. The van der Waals surface area contributed by atoms with Gasteiger partial charge in [-0.05, 0) is 49.7 Å². The quantitative estimate of drug-likeness (QED) is 0.385. The summed E-state index contributed by atoms with van der Waals surface area (Å²) in [5.41, 5.74) is 6.95. The van der Waals surface area contributed by atoms with Gasteiger partial charge in [-0.25, -0.2) is 5.43 Å². The Labute approximate surface area is 174 Å². The third-order valence-electron chi connectivity index (χ3n) is 4.43. The maximum absolute atomic E-state index is 11.9. The highest BCUT2D eigenvalue weighted by atomic mass is 35.5. The monoisotopic (exact) mass is 408 g/mol. The molecule has 1 heterocycles. The van der Waals surface area contributed by atoms with Gasteiger partial charge in [-0.1, -0.05) is 41.9 Å². The maximum Gasteiger partial charge on any atom is 0.329 e. The molecule has 0 saturated carbocycles. The van der Waals surface area contributed by atoms with Crippen molar-refractivity contribution in [1.82, 2.24) is 15.3 Å². The van der Waals surface area contributed by atoms with Crippen LogP contribution in [0.4, 0.5) is 0 Å². The fourth-order valence-corrected chi connectivity index (χ4v) is 3.10. The van der Waals surface area contributed by atoms with E-state index < -0.39 is 11.8 Å². The summed E-state index contributed by atoms with van der Waals surface area (Å²) >= 11 is 5.96. The molecule has 6 nitrogen and oxygen atoms in total. The Morgan fingerprint density at radius 3 is 2.41 bits per heavy atom. The molecule has 0 fully saturated rings. The van der Waals surface area contributed by atoms with E-state index in [-0.39, 0.29) is 6.54 Å². The van der Waals surface area contributed by atoms with Crippen LogP contribution in [0.5, 0.6) is 0 Å². The molecule has 0 spiro atoms. The first-order chi connectivity index (χ1) is 14.0. The van der Waals surface area contributed by atoms with Crippen molar-refractivity contribution in [2.24, 2.45) is 5.10 Å². The van der Waals surface area contributed by atoms with Crippen LogP contribution in [0.25, 0.3) is 5.69 Å². The molecule has 3 rings (SSSR count). The highest BCUT2D eigenvalue weighted by Crippen LogP contribution is 2.21. The molecule has 0 aliphatic heterocycles. The summed E-state index contributed by atoms with van der Waals surface area (Å²) in [6.07, 6.45) is 1.52. The van der Waals surface area contributed by atoms with Gasteiger partial charge in [-0.15, -0.1) is 0 Å². The van der Waals surface area contributed by atoms with Gasteiger partial charge in [-0.2, -0.15) is 5.10 Å². The molecule has 0 saturated heterocycles. The average Bonchev–Trinajstić information content (AvgIpc) is 3.01. The molecule has 7 heteroatoms. The third kappa shape index (κ3) is 5.12. The number of amides is 2. The predicted octanol–water partition coefficient (Wildman–Crippen LogP) is 3.51. The fraction of sp³-hybridized carbons (Fsp3) is 0.136. The largest absolute Gasteiger partial charge is 0.344 e. The lowest BCUT2D eigenvalue weighted by Crippen LogP contribution is -2.37. The van der Waals surface area contributed by atoms with Gasteiger partial charge in [0, 0.05) is 34.2 Å². The molecular weight excluding hydrogens is 388 g/mol. The molecule has 29 heavy (non-hydrogen) atoms. The van der Waals surface area contributed by atoms with Crippen LogP contribution in [0.15, 0.2) is 65.8 Å². The van der Waals surface area contributed by atoms with Crippen LogP contribution in [-0.4, -0.2) is 22.6 Å². The number of nitrogens with zero attached hydrogens (tertiary/aromatic N) is 2. The minimum atomic E-state index is -0.816. The number of benzene rings is 2. The number of rotatable bonds is 5. The van der Waals surface area contributed by atoms with Gasteiger partial charge >= 0.3 is 11.8 Å². The molecule has 3 aromatic rings. The van der Waals surface area contributed by atoms with Crippen LogP contribution in [0.2, 0.25) is 5.02 Å². The van der Waals surface area contributed by atoms with Crippen molar-refractivity contribution in [2.75, 3.05) is 0 Å². The minimum absolute atomic E-state index is 0.277. The molecule has 1 aromatic heterocycles. The van der Waals surface area contributed by atoms with Gasteiger partial charge in [0.25, 0.3) is 0 Å². The van der Waals surface area contributed by atoms with Gasteiger partial charge in [0.2, 0.25) is 0 Å². The smallest absolute Gasteiger partial charge is 0.329 e. The Hall–Kier alpha value is -3.38. The lowest BCUT2D eigenvalue weighted by atomic mass is 10.2. The Bertz CT molecular complexity index is 1040. The lowest BCUT2D eigenvalue weighted by molar-refractivity contribution is -0.139. The first kappa shape index (κ1) is 20.4. The van der Waals surface area contributed by atoms with Crippen molar-refractivity contribution >= 4 is 29.6 Å². The van der Waals surface area contributed by atoms with Gasteiger partial charge in [-0.3, -0.25) is 9.59 Å². The SMILES string of the molecule is Cc1cc(/C=N\NC(=O)C(=O)NCc2ccccc2)c(C)n1-c1ccc(Cl)cc1. The molecule has 0 radical (unpaired) electrons. The molecule has 0 aliphatic carbocycles. The van der Waals surface area contributed by atoms with Gasteiger partial charge in [0.15, 0.2) is 0 Å². The first-order valence-corrected chi connectivity index (χ1v) is 9.43. The van der Waals surface area contributed by atoms with Crippen LogP contribution in [0.1, 0.15) is 22.5 Å². The van der Waals surface area contributed by atoms with Crippen molar-refractivity contribution < 1.29 is 9.59 Å². The number of hydrazone groups is 1. The van der Waals surface area contributed by atoms with E-state index in [1.54, 1.807) is 0 Å². The van der Waals surface area contributed by atoms with Gasteiger partial charge in [0.05, 0.1) is 6.21 Å². The molecule has 0 unspecified atom stereocenters. The summed E-state index contributed by atoms with van der Waals surface area (Å²) in [7, 11) is 0. The second-order valence-corrected chi connectivity index (χ2v) is 6.94. The van der Waals surface area contributed by atoms with Crippen molar-refractivity contribution in [3.8, 4) is 5.69 Å². The van der Waals surface area contributed by atoms with E-state index in [1.165, 1.54) is 6.21 Å². The number of hydrogen-bond acceptors (Lipinski definition) is 3. The number of carbonyl (C=O) groups excluding carboxylic acids is 2. The Morgan fingerprint density at radius 1 is 1.03 bits per heavy atom. The molecule has 0 atom stereocenters. The van der Waals surface area contributed by atoms with E-state index in [0.717, 1.165) is 28.2 Å². The van der Waals surface area contributed by atoms with E-state index in [9.17, 15) is 9.59 Å². The van der Waals surface area contributed by atoms with E-state index >= 15 is 0 Å². The number of nitrogens with one attached hydrogen (secondary N) is 2. The van der Waals surface area contributed by atoms with Crippen molar-refractivity contribution in [1.29, 1.82) is 0 Å². The summed E-state index contributed by atoms with van der Waals surface area (Å²) < 4.78 is 2.06. The van der Waals surface area contributed by atoms with Crippen molar-refractivity contribution in [3.63, 3.8) is 0 Å². The number of halogens is 1. The molecule has 0 bridgehead atoms. The second-order valence-electron chi connectivity index (χ2n) is 6.51. The highest BCUT2D eigenvalue weighted by molar-refractivity contribution is 6.35. The van der Waals surface area contributed by atoms with Crippen LogP contribution in [0.3, 0.4) is 0 Å². The zero-order chi connectivity index (χ0) is 20.8. The molecule has 2 amide bonds. The zero-order valence-electron chi connectivity index (χ0n) is 16.1. The van der Waals surface area contributed by atoms with Crippen LogP contribution in [-0.2, 0) is 16.1 Å². The van der Waals surface area contributed by atoms with Crippen molar-refractivity contribution in [2.45, 2.75) is 20.4 Å². The zero-order valence-corrected chi connectivity index (χ0v) is 16.9. The average molecular weight is 409 g/mol. The first-order valence-electron chi connectivity index (χ1n) is 9.06. The molecule has 0 aliphatic rings. The van der Waals surface area contributed by atoms with E-state index in [2.05, 4.69) is 20.4 Å². The predicted molar refractivity (Wildman–Crippen MR) is 114 cm³/mol. The summed E-state index contributed by atoms with van der Waals surface area (Å²) in [4.78, 5) is 23.8. The number of aryl methyl sites for hydroxylation is 1. The van der Waals surface area contributed by atoms with Crippen LogP contribution in [0, 0.1) is 13.8 Å².